The predicted molar refractivity (Wildman–Crippen MR) is 178 cm³/mol. The Morgan fingerprint density at radius 3 is 2.36 bits per heavy atom. The summed E-state index contributed by atoms with van der Waals surface area (Å²) in [4.78, 5) is 35.0. The topological polar surface area (TPSA) is 82.4 Å². The molecule has 0 unspecified atom stereocenters. The molecule has 45 heavy (non-hydrogen) atoms. The number of likely N-dealkylation sites (N-methyl/N-ethyl adjacent to an activating group) is 1. The molecule has 0 aliphatic carbocycles. The summed E-state index contributed by atoms with van der Waals surface area (Å²) < 4.78 is 19.2. The molecule has 1 aliphatic heterocycles. The molecular formula is C34H33Cl2N3O5S. The minimum atomic E-state index is -0.767. The summed E-state index contributed by atoms with van der Waals surface area (Å²) in [5.41, 5.74) is 2.98. The van der Waals surface area contributed by atoms with E-state index in [2.05, 4.69) is 0 Å². The van der Waals surface area contributed by atoms with E-state index < -0.39 is 6.04 Å². The van der Waals surface area contributed by atoms with Gasteiger partial charge in [-0.1, -0.05) is 52.7 Å². The lowest BCUT2D eigenvalue weighted by atomic mass is 9.93. The third-order valence-corrected chi connectivity index (χ3v) is 9.19. The Labute approximate surface area is 275 Å². The second kappa shape index (κ2) is 13.9. The van der Waals surface area contributed by atoms with Crippen LogP contribution in [0.5, 0.6) is 17.2 Å². The van der Waals surface area contributed by atoms with Gasteiger partial charge in [0.2, 0.25) is 0 Å². The molecule has 1 aromatic heterocycles. The van der Waals surface area contributed by atoms with Crippen LogP contribution >= 0.6 is 34.5 Å². The van der Waals surface area contributed by atoms with Gasteiger partial charge in [0, 0.05) is 34.3 Å². The van der Waals surface area contributed by atoms with Gasteiger partial charge in [0.1, 0.15) is 29.9 Å². The van der Waals surface area contributed by atoms with Gasteiger partial charge in [0.25, 0.3) is 11.5 Å². The van der Waals surface area contributed by atoms with Crippen LogP contribution in [0, 0.1) is 0 Å². The van der Waals surface area contributed by atoms with E-state index in [-0.39, 0.29) is 18.1 Å². The second-order valence-electron chi connectivity index (χ2n) is 10.3. The first-order valence-electron chi connectivity index (χ1n) is 14.4. The number of aromatic nitrogens is 1. The largest absolute Gasteiger partial charge is 0.497 e. The molecular weight excluding hydrogens is 633 g/mol. The monoisotopic (exact) mass is 665 g/mol. The minimum absolute atomic E-state index is 0.180. The van der Waals surface area contributed by atoms with Crippen molar-refractivity contribution in [3.8, 4) is 17.2 Å². The fraction of sp³-hybridized carbons (Fsp3) is 0.265. The molecule has 0 radical (unpaired) electrons. The van der Waals surface area contributed by atoms with Crippen LogP contribution in [0.2, 0.25) is 10.0 Å². The summed E-state index contributed by atoms with van der Waals surface area (Å²) in [6, 6.07) is 17.3. The van der Waals surface area contributed by atoms with E-state index in [4.69, 9.17) is 42.4 Å². The van der Waals surface area contributed by atoms with Crippen molar-refractivity contribution < 1.29 is 19.0 Å². The molecule has 1 aliphatic rings. The standard InChI is InChI=1S/C34H33Cl2N3O5S/c1-6-38(7-2)33(41)30-20(3)37-34-39(31(30)26-18-25(42-4)14-15-28(26)43-5)32(40)29(45-34)16-21-8-12-24(13-9-21)44-19-22-10-11-23(35)17-27(22)36/h8-18,31H,6-7,19H2,1-5H3/b29-16+/t31-/m0/s1. The Morgan fingerprint density at radius 2 is 1.71 bits per heavy atom. The summed E-state index contributed by atoms with van der Waals surface area (Å²) in [7, 11) is 3.14. The van der Waals surface area contributed by atoms with Gasteiger partial charge < -0.3 is 19.1 Å². The predicted octanol–water partition coefficient (Wildman–Crippen LogP) is 6.01. The number of ether oxygens (including phenoxy) is 3. The maximum atomic E-state index is 14.1. The second-order valence-corrected chi connectivity index (χ2v) is 12.1. The van der Waals surface area contributed by atoms with Crippen LogP contribution in [0.1, 0.15) is 43.5 Å². The van der Waals surface area contributed by atoms with Gasteiger partial charge in [-0.25, -0.2) is 4.99 Å². The first-order valence-corrected chi connectivity index (χ1v) is 16.0. The first kappa shape index (κ1) is 32.3. The maximum Gasteiger partial charge on any atom is 0.271 e. The third kappa shape index (κ3) is 6.66. The average Bonchev–Trinajstić information content (AvgIpc) is 3.34. The van der Waals surface area contributed by atoms with Gasteiger partial charge in [-0.3, -0.25) is 14.2 Å². The molecule has 234 valence electrons. The van der Waals surface area contributed by atoms with Crippen LogP contribution < -0.4 is 29.1 Å². The lowest BCUT2D eigenvalue weighted by Gasteiger charge is -2.30. The van der Waals surface area contributed by atoms with Gasteiger partial charge in [0.15, 0.2) is 4.80 Å². The number of nitrogens with zero attached hydrogens (tertiary/aromatic N) is 3. The molecule has 0 spiro atoms. The number of halogens is 2. The molecule has 0 N–H and O–H groups in total. The van der Waals surface area contributed by atoms with Crippen molar-refractivity contribution in [3.05, 3.63) is 118 Å². The van der Waals surface area contributed by atoms with E-state index >= 15 is 0 Å². The summed E-state index contributed by atoms with van der Waals surface area (Å²) in [6.45, 7) is 6.99. The highest BCUT2D eigenvalue weighted by atomic mass is 35.5. The molecule has 0 saturated heterocycles. The highest BCUT2D eigenvalue weighted by molar-refractivity contribution is 7.07. The number of allylic oxidation sites excluding steroid dienone is 1. The fourth-order valence-electron chi connectivity index (χ4n) is 5.24. The van der Waals surface area contributed by atoms with E-state index in [1.54, 1.807) is 48.0 Å². The van der Waals surface area contributed by atoms with Crippen LogP contribution in [-0.4, -0.2) is 42.7 Å². The maximum absolute atomic E-state index is 14.1. The molecule has 0 saturated carbocycles. The number of carbonyl (C=O) groups excluding carboxylic acids is 1. The van der Waals surface area contributed by atoms with Crippen LogP contribution in [0.15, 0.2) is 81.7 Å². The number of benzene rings is 3. The molecule has 0 bridgehead atoms. The molecule has 5 rings (SSSR count). The number of hydrogen-bond donors (Lipinski definition) is 0. The summed E-state index contributed by atoms with van der Waals surface area (Å²) in [5, 5.41) is 1.10. The highest BCUT2D eigenvalue weighted by Gasteiger charge is 2.36. The number of carbonyl (C=O) groups is 1. The smallest absolute Gasteiger partial charge is 0.271 e. The van der Waals surface area contributed by atoms with Gasteiger partial charge >= 0.3 is 0 Å². The van der Waals surface area contributed by atoms with E-state index in [1.165, 1.54) is 11.3 Å². The Kier molecular flexibility index (Phi) is 10.0. The lowest BCUT2D eigenvalue weighted by Crippen LogP contribution is -2.43. The number of thiazole rings is 1. The number of amides is 1. The number of fused-ring (bicyclic) bond motifs is 1. The van der Waals surface area contributed by atoms with Crippen molar-refractivity contribution >= 4 is 46.5 Å². The van der Waals surface area contributed by atoms with Crippen molar-refractivity contribution in [1.82, 2.24) is 9.47 Å². The number of rotatable bonds is 10. The Balaban J connectivity index is 1.56. The quantitative estimate of drug-likeness (QED) is 0.207. The van der Waals surface area contributed by atoms with Crippen LogP contribution in [0.25, 0.3) is 6.08 Å². The third-order valence-electron chi connectivity index (χ3n) is 7.62. The molecule has 1 atom stereocenters. The van der Waals surface area contributed by atoms with Crippen LogP contribution in [0.3, 0.4) is 0 Å². The molecule has 11 heteroatoms. The molecule has 4 aromatic rings. The van der Waals surface area contributed by atoms with Gasteiger partial charge in [-0.2, -0.15) is 0 Å². The lowest BCUT2D eigenvalue weighted by molar-refractivity contribution is -0.127. The Hall–Kier alpha value is -4.05. The number of hydrogen-bond acceptors (Lipinski definition) is 7. The van der Waals surface area contributed by atoms with Crippen LogP contribution in [0.4, 0.5) is 0 Å². The Morgan fingerprint density at radius 1 is 1.00 bits per heavy atom. The molecule has 1 amide bonds. The van der Waals surface area contributed by atoms with Gasteiger partial charge in [0.05, 0.1) is 30.0 Å². The van der Waals surface area contributed by atoms with Crippen molar-refractivity contribution in [2.24, 2.45) is 4.99 Å². The summed E-state index contributed by atoms with van der Waals surface area (Å²) in [6.07, 6.45) is 1.81. The van der Waals surface area contributed by atoms with Crippen molar-refractivity contribution in [2.75, 3.05) is 27.3 Å². The summed E-state index contributed by atoms with van der Waals surface area (Å²) in [5.74, 6) is 1.59. The zero-order valence-corrected chi connectivity index (χ0v) is 27.9. The van der Waals surface area contributed by atoms with E-state index in [0.717, 1.165) is 11.1 Å². The molecule has 2 heterocycles. The zero-order chi connectivity index (χ0) is 32.2. The first-order chi connectivity index (χ1) is 21.7. The van der Waals surface area contributed by atoms with E-state index in [9.17, 15) is 9.59 Å². The zero-order valence-electron chi connectivity index (χ0n) is 25.6. The number of methoxy groups -OCH3 is 2. The summed E-state index contributed by atoms with van der Waals surface area (Å²) >= 11 is 13.5. The SMILES string of the molecule is CCN(CC)C(=O)C1=C(C)N=c2s/c(=C/c3ccc(OCc4ccc(Cl)cc4Cl)cc3)c(=O)n2[C@H]1c1cc(OC)ccc1OC. The molecule has 8 nitrogen and oxygen atoms in total. The van der Waals surface area contributed by atoms with Crippen LogP contribution in [-0.2, 0) is 11.4 Å². The normalized spacial score (nSPS) is 14.6. The van der Waals surface area contributed by atoms with Crippen molar-refractivity contribution in [3.63, 3.8) is 0 Å². The minimum Gasteiger partial charge on any atom is -0.497 e. The van der Waals surface area contributed by atoms with E-state index in [1.807, 2.05) is 63.2 Å². The van der Waals surface area contributed by atoms with Crippen molar-refractivity contribution in [2.45, 2.75) is 33.4 Å². The van der Waals surface area contributed by atoms with E-state index in [0.29, 0.717) is 66.6 Å². The van der Waals surface area contributed by atoms with Gasteiger partial charge in [-0.15, -0.1) is 0 Å². The highest BCUT2D eigenvalue weighted by Crippen LogP contribution is 2.38. The molecule has 0 fully saturated rings. The van der Waals surface area contributed by atoms with Gasteiger partial charge in [-0.05, 0) is 74.9 Å². The average molecular weight is 667 g/mol. The fourth-order valence-corrected chi connectivity index (χ4v) is 6.74. The van der Waals surface area contributed by atoms with Crippen molar-refractivity contribution in [1.29, 1.82) is 0 Å². The molecule has 3 aromatic carbocycles. The Bertz CT molecular complexity index is 1950.